The summed E-state index contributed by atoms with van der Waals surface area (Å²) in [6.45, 7) is 3.38. The second kappa shape index (κ2) is 10.2. The second-order valence-electron chi connectivity index (χ2n) is 9.84. The predicted octanol–water partition coefficient (Wildman–Crippen LogP) is 3.75. The second-order valence-corrected chi connectivity index (χ2v) is 9.84. The third-order valence-corrected chi connectivity index (χ3v) is 7.49. The lowest BCUT2D eigenvalue weighted by Crippen LogP contribution is -2.30. The molecular formula is C26H34N6O2. The summed E-state index contributed by atoms with van der Waals surface area (Å²) in [5.74, 6) is 0.890. The number of aliphatic hydroxyl groups excluding tert-OH is 1. The Kier molecular flexibility index (Phi) is 6.87. The molecule has 1 amide bonds. The topological polar surface area (TPSA) is 96.2 Å². The molecule has 1 aliphatic carbocycles. The molecule has 8 heteroatoms. The minimum atomic E-state index is -0.0162. The lowest BCUT2D eigenvalue weighted by atomic mass is 9.82. The van der Waals surface area contributed by atoms with E-state index in [-0.39, 0.29) is 18.4 Å². The Morgan fingerprint density at radius 3 is 2.62 bits per heavy atom. The fourth-order valence-electron chi connectivity index (χ4n) is 5.30. The molecule has 1 saturated heterocycles. The molecule has 2 N–H and O–H groups in total. The number of rotatable bonds is 6. The van der Waals surface area contributed by atoms with Gasteiger partial charge in [-0.25, -0.2) is 4.98 Å². The first kappa shape index (κ1) is 22.9. The highest BCUT2D eigenvalue weighted by Gasteiger charge is 2.26. The molecule has 8 nitrogen and oxygen atoms in total. The van der Waals surface area contributed by atoms with Gasteiger partial charge in [0.05, 0.1) is 23.6 Å². The van der Waals surface area contributed by atoms with E-state index in [4.69, 9.17) is 0 Å². The van der Waals surface area contributed by atoms with Gasteiger partial charge in [-0.3, -0.25) is 19.4 Å². The predicted molar refractivity (Wildman–Crippen MR) is 132 cm³/mol. The van der Waals surface area contributed by atoms with Crippen molar-refractivity contribution in [3.63, 3.8) is 0 Å². The average molecular weight is 463 g/mol. The molecule has 1 saturated carbocycles. The molecule has 3 aromatic rings. The van der Waals surface area contributed by atoms with Crippen molar-refractivity contribution in [2.75, 3.05) is 25.0 Å². The molecule has 0 aromatic carbocycles. The number of hydrogen-bond acceptors (Lipinski definition) is 6. The van der Waals surface area contributed by atoms with Gasteiger partial charge < -0.3 is 10.4 Å². The zero-order valence-electron chi connectivity index (χ0n) is 19.9. The fraction of sp³-hybridized carbons (Fsp3) is 0.538. The van der Waals surface area contributed by atoms with Gasteiger partial charge in [0.15, 0.2) is 0 Å². The lowest BCUT2D eigenvalue weighted by Gasteiger charge is -2.26. The minimum Gasteiger partial charge on any atom is -0.396 e. The number of piperidine rings is 1. The largest absolute Gasteiger partial charge is 0.396 e. The van der Waals surface area contributed by atoms with Crippen molar-refractivity contribution in [2.24, 2.45) is 18.9 Å². The van der Waals surface area contributed by atoms with E-state index in [9.17, 15) is 9.90 Å². The van der Waals surface area contributed by atoms with Gasteiger partial charge in [-0.15, -0.1) is 0 Å². The van der Waals surface area contributed by atoms with Gasteiger partial charge in [-0.05, 0) is 69.7 Å². The highest BCUT2D eigenvalue weighted by molar-refractivity contribution is 5.94. The third kappa shape index (κ3) is 4.98. The van der Waals surface area contributed by atoms with Crippen LogP contribution in [0.5, 0.6) is 0 Å². The van der Waals surface area contributed by atoms with Crippen LogP contribution in [0.1, 0.15) is 50.6 Å². The van der Waals surface area contributed by atoms with Gasteiger partial charge >= 0.3 is 0 Å². The van der Waals surface area contributed by atoms with Crippen molar-refractivity contribution in [1.29, 1.82) is 0 Å². The van der Waals surface area contributed by atoms with Crippen LogP contribution in [0.15, 0.2) is 30.7 Å². The van der Waals surface area contributed by atoms with E-state index in [2.05, 4.69) is 31.3 Å². The number of pyridine rings is 2. The van der Waals surface area contributed by atoms with Gasteiger partial charge in [-0.1, -0.05) is 6.42 Å². The molecule has 180 valence electrons. The number of amides is 1. The summed E-state index contributed by atoms with van der Waals surface area (Å²) in [4.78, 5) is 24.3. The quantitative estimate of drug-likeness (QED) is 0.579. The Hall–Kier alpha value is -2.84. The number of aryl methyl sites for hydroxylation is 1. The number of nitrogens with one attached hydrogen (secondary N) is 1. The monoisotopic (exact) mass is 462 g/mol. The lowest BCUT2D eigenvalue weighted by molar-refractivity contribution is -0.121. The Bertz CT molecular complexity index is 1150. The van der Waals surface area contributed by atoms with Crippen molar-refractivity contribution in [1.82, 2.24) is 24.6 Å². The number of carbonyl (C=O) groups excluding carboxylic acids is 1. The number of hydrogen-bond donors (Lipinski definition) is 2. The molecule has 34 heavy (non-hydrogen) atoms. The molecule has 5 rings (SSSR count). The zero-order valence-corrected chi connectivity index (χ0v) is 19.9. The highest BCUT2D eigenvalue weighted by Crippen LogP contribution is 2.30. The van der Waals surface area contributed by atoms with Crippen LogP contribution in [-0.2, 0) is 18.4 Å². The molecule has 0 atom stereocenters. The summed E-state index contributed by atoms with van der Waals surface area (Å²) in [5, 5.41) is 17.8. The Labute approximate surface area is 200 Å². The van der Waals surface area contributed by atoms with Crippen LogP contribution >= 0.6 is 0 Å². The van der Waals surface area contributed by atoms with Crippen molar-refractivity contribution in [3.8, 4) is 11.1 Å². The van der Waals surface area contributed by atoms with E-state index in [1.54, 1.807) is 6.20 Å². The summed E-state index contributed by atoms with van der Waals surface area (Å²) in [6, 6.07) is 4.02. The van der Waals surface area contributed by atoms with Crippen LogP contribution in [0.25, 0.3) is 22.0 Å². The van der Waals surface area contributed by atoms with Crippen LogP contribution in [0.2, 0.25) is 0 Å². The van der Waals surface area contributed by atoms with Crippen LogP contribution in [0.3, 0.4) is 0 Å². The fourth-order valence-corrected chi connectivity index (χ4v) is 5.30. The molecule has 3 aromatic heterocycles. The molecular weight excluding hydrogens is 428 g/mol. The maximum absolute atomic E-state index is 12.8. The summed E-state index contributed by atoms with van der Waals surface area (Å²) in [6.07, 6.45) is 12.8. The molecule has 0 bridgehead atoms. The van der Waals surface area contributed by atoms with Crippen LogP contribution in [0, 0.1) is 11.8 Å². The van der Waals surface area contributed by atoms with E-state index >= 15 is 0 Å². The number of aliphatic hydroxyl groups is 1. The summed E-state index contributed by atoms with van der Waals surface area (Å²) >= 11 is 0. The van der Waals surface area contributed by atoms with Crippen molar-refractivity contribution in [2.45, 2.75) is 51.5 Å². The number of likely N-dealkylation sites (tertiary alicyclic amines) is 1. The standard InChI is InChI=1S/C26H34N6O2/c1-31-24(16-32-9-3-2-4-10-32)22(14-29-31)21-11-20-12-25(28-15-23(20)27-13-21)30-26(34)19-7-5-18(17-33)6-8-19/h11-15,18-19,33H,2-10,16-17H2,1H3,(H,28,30,34). The van der Waals surface area contributed by atoms with Crippen LogP contribution in [-0.4, -0.2) is 55.4 Å². The first-order chi connectivity index (χ1) is 16.6. The van der Waals surface area contributed by atoms with E-state index in [1.165, 1.54) is 25.0 Å². The number of fused-ring (bicyclic) bond motifs is 1. The van der Waals surface area contributed by atoms with E-state index < -0.39 is 0 Å². The molecule has 2 fully saturated rings. The molecule has 0 unspecified atom stereocenters. The molecule has 0 spiro atoms. The van der Waals surface area contributed by atoms with E-state index in [0.717, 1.165) is 67.3 Å². The number of aromatic nitrogens is 4. The van der Waals surface area contributed by atoms with E-state index in [0.29, 0.717) is 11.7 Å². The van der Waals surface area contributed by atoms with Gasteiger partial charge in [0, 0.05) is 48.8 Å². The van der Waals surface area contributed by atoms with Gasteiger partial charge in [0.1, 0.15) is 5.82 Å². The Balaban J connectivity index is 1.34. The van der Waals surface area contributed by atoms with Crippen molar-refractivity contribution in [3.05, 3.63) is 36.4 Å². The Morgan fingerprint density at radius 1 is 1.06 bits per heavy atom. The molecule has 0 radical (unpaired) electrons. The summed E-state index contributed by atoms with van der Waals surface area (Å²) in [7, 11) is 2.00. The normalized spacial score (nSPS) is 21.6. The highest BCUT2D eigenvalue weighted by atomic mass is 16.3. The van der Waals surface area contributed by atoms with Crippen LogP contribution in [0.4, 0.5) is 5.82 Å². The summed E-state index contributed by atoms with van der Waals surface area (Å²) in [5.41, 5.74) is 4.12. The summed E-state index contributed by atoms with van der Waals surface area (Å²) < 4.78 is 1.97. The van der Waals surface area contributed by atoms with Crippen LogP contribution < -0.4 is 5.32 Å². The van der Waals surface area contributed by atoms with Crippen molar-refractivity contribution >= 4 is 22.6 Å². The maximum atomic E-state index is 12.8. The first-order valence-electron chi connectivity index (χ1n) is 12.5. The Morgan fingerprint density at radius 2 is 1.85 bits per heavy atom. The smallest absolute Gasteiger partial charge is 0.228 e. The first-order valence-corrected chi connectivity index (χ1v) is 12.5. The van der Waals surface area contributed by atoms with Gasteiger partial charge in [-0.2, -0.15) is 5.10 Å². The minimum absolute atomic E-state index is 0.0162. The average Bonchev–Trinajstić information content (AvgIpc) is 3.24. The zero-order chi connectivity index (χ0) is 23.5. The number of carbonyl (C=O) groups is 1. The van der Waals surface area contributed by atoms with E-state index in [1.807, 2.05) is 30.2 Å². The molecule has 2 aliphatic rings. The SMILES string of the molecule is Cn1ncc(-c2cnc3cnc(NC(=O)C4CCC(CO)CC4)cc3c2)c1CN1CCCCC1. The number of anilines is 1. The maximum Gasteiger partial charge on any atom is 0.228 e. The molecule has 1 aliphatic heterocycles. The van der Waals surface area contributed by atoms with Gasteiger partial charge in [0.2, 0.25) is 5.91 Å². The number of nitrogens with zero attached hydrogens (tertiary/aromatic N) is 5. The molecule has 4 heterocycles. The van der Waals surface area contributed by atoms with Gasteiger partial charge in [0.25, 0.3) is 0 Å². The third-order valence-electron chi connectivity index (χ3n) is 7.49. The van der Waals surface area contributed by atoms with Crippen molar-refractivity contribution < 1.29 is 9.90 Å².